The van der Waals surface area contributed by atoms with Gasteiger partial charge in [-0.05, 0) is 42.3 Å². The van der Waals surface area contributed by atoms with Crippen LogP contribution in [-0.4, -0.2) is 19.0 Å². The molecule has 0 saturated heterocycles. The van der Waals surface area contributed by atoms with Gasteiger partial charge in [0.1, 0.15) is 0 Å². The molecule has 3 nitrogen and oxygen atoms in total. The van der Waals surface area contributed by atoms with E-state index in [-0.39, 0.29) is 5.91 Å². The van der Waals surface area contributed by atoms with E-state index < -0.39 is 0 Å². The first-order valence-electron chi connectivity index (χ1n) is 6.96. The Bertz CT molecular complexity index is 599. The van der Waals surface area contributed by atoms with E-state index >= 15 is 0 Å². The highest BCUT2D eigenvalue weighted by atomic mass is 35.5. The van der Waals surface area contributed by atoms with Gasteiger partial charge in [-0.25, -0.2) is 0 Å². The van der Waals surface area contributed by atoms with Crippen molar-refractivity contribution in [2.75, 3.05) is 18.4 Å². The van der Waals surface area contributed by atoms with E-state index in [2.05, 4.69) is 10.6 Å². The van der Waals surface area contributed by atoms with E-state index in [0.717, 1.165) is 16.8 Å². The SMILES string of the molecule is Cc1cc(Cl)ccc1CC(=O)NCCNc1ccccc1. The van der Waals surface area contributed by atoms with Crippen molar-refractivity contribution in [1.82, 2.24) is 5.32 Å². The first kappa shape index (κ1) is 15.4. The van der Waals surface area contributed by atoms with Gasteiger partial charge >= 0.3 is 0 Å². The van der Waals surface area contributed by atoms with Crippen LogP contribution in [0.2, 0.25) is 5.02 Å². The number of anilines is 1. The molecule has 2 rings (SSSR count). The molecule has 1 amide bonds. The van der Waals surface area contributed by atoms with Crippen molar-refractivity contribution in [3.63, 3.8) is 0 Å². The second kappa shape index (κ2) is 7.70. The molecule has 2 aromatic rings. The number of hydrogen-bond donors (Lipinski definition) is 2. The molecule has 4 heteroatoms. The Balaban J connectivity index is 1.72. The van der Waals surface area contributed by atoms with Crippen LogP contribution in [0.1, 0.15) is 11.1 Å². The number of carbonyl (C=O) groups excluding carboxylic acids is 1. The molecule has 0 heterocycles. The van der Waals surface area contributed by atoms with E-state index in [1.54, 1.807) is 0 Å². The molecule has 2 aromatic carbocycles. The Morgan fingerprint density at radius 2 is 1.86 bits per heavy atom. The molecule has 0 radical (unpaired) electrons. The molecular formula is C17H19ClN2O. The average Bonchev–Trinajstić information content (AvgIpc) is 2.48. The number of aryl methyl sites for hydroxylation is 1. The molecule has 0 saturated carbocycles. The zero-order chi connectivity index (χ0) is 15.1. The van der Waals surface area contributed by atoms with Gasteiger partial charge in [-0.15, -0.1) is 0 Å². The fourth-order valence-corrected chi connectivity index (χ4v) is 2.28. The van der Waals surface area contributed by atoms with Crippen molar-refractivity contribution in [3.8, 4) is 0 Å². The van der Waals surface area contributed by atoms with Crippen LogP contribution in [0.5, 0.6) is 0 Å². The van der Waals surface area contributed by atoms with E-state index in [4.69, 9.17) is 11.6 Å². The lowest BCUT2D eigenvalue weighted by atomic mass is 10.1. The maximum atomic E-state index is 11.9. The predicted molar refractivity (Wildman–Crippen MR) is 87.8 cm³/mol. The maximum Gasteiger partial charge on any atom is 0.224 e. The molecule has 0 aliphatic carbocycles. The lowest BCUT2D eigenvalue weighted by Crippen LogP contribution is -2.30. The zero-order valence-corrected chi connectivity index (χ0v) is 12.8. The summed E-state index contributed by atoms with van der Waals surface area (Å²) in [6, 6.07) is 15.5. The minimum absolute atomic E-state index is 0.0234. The molecule has 0 aromatic heterocycles. The summed E-state index contributed by atoms with van der Waals surface area (Å²) in [6.45, 7) is 3.27. The number of benzene rings is 2. The molecule has 21 heavy (non-hydrogen) atoms. The van der Waals surface area contributed by atoms with Crippen LogP contribution in [0.15, 0.2) is 48.5 Å². The van der Waals surface area contributed by atoms with Gasteiger partial charge < -0.3 is 10.6 Å². The fourth-order valence-electron chi connectivity index (χ4n) is 2.06. The third-order valence-corrected chi connectivity index (χ3v) is 3.44. The van der Waals surface area contributed by atoms with Crippen molar-refractivity contribution in [2.45, 2.75) is 13.3 Å². The van der Waals surface area contributed by atoms with Crippen molar-refractivity contribution in [2.24, 2.45) is 0 Å². The van der Waals surface area contributed by atoms with Crippen molar-refractivity contribution < 1.29 is 4.79 Å². The van der Waals surface area contributed by atoms with Crippen molar-refractivity contribution in [3.05, 3.63) is 64.7 Å². The van der Waals surface area contributed by atoms with Crippen molar-refractivity contribution >= 4 is 23.2 Å². The summed E-state index contributed by atoms with van der Waals surface area (Å²) in [7, 11) is 0. The van der Waals surface area contributed by atoms with E-state index in [1.165, 1.54) is 0 Å². The summed E-state index contributed by atoms with van der Waals surface area (Å²) in [4.78, 5) is 11.9. The minimum atomic E-state index is 0.0234. The predicted octanol–water partition coefficient (Wildman–Crippen LogP) is 3.42. The number of hydrogen-bond acceptors (Lipinski definition) is 2. The summed E-state index contributed by atoms with van der Waals surface area (Å²) >= 11 is 5.91. The summed E-state index contributed by atoms with van der Waals surface area (Å²) in [5.74, 6) is 0.0234. The van der Waals surface area contributed by atoms with Gasteiger partial charge in [-0.2, -0.15) is 0 Å². The van der Waals surface area contributed by atoms with E-state index in [9.17, 15) is 4.79 Å². The monoisotopic (exact) mass is 302 g/mol. The van der Waals surface area contributed by atoms with Crippen LogP contribution in [-0.2, 0) is 11.2 Å². The van der Waals surface area contributed by atoms with Crippen LogP contribution in [0.3, 0.4) is 0 Å². The summed E-state index contributed by atoms with van der Waals surface area (Å²) in [6.07, 6.45) is 0.383. The van der Waals surface area contributed by atoms with Gasteiger partial charge in [-0.3, -0.25) is 4.79 Å². The quantitative estimate of drug-likeness (QED) is 0.803. The Morgan fingerprint density at radius 1 is 1.10 bits per heavy atom. The molecule has 0 spiro atoms. The molecule has 110 valence electrons. The van der Waals surface area contributed by atoms with Crippen LogP contribution in [0, 0.1) is 6.92 Å². The zero-order valence-electron chi connectivity index (χ0n) is 12.0. The van der Waals surface area contributed by atoms with E-state index in [0.29, 0.717) is 24.5 Å². The normalized spacial score (nSPS) is 10.2. The minimum Gasteiger partial charge on any atom is -0.383 e. The second-order valence-electron chi connectivity index (χ2n) is 4.89. The van der Waals surface area contributed by atoms with Crippen molar-refractivity contribution in [1.29, 1.82) is 0 Å². The number of rotatable bonds is 6. The topological polar surface area (TPSA) is 41.1 Å². The first-order valence-corrected chi connectivity index (χ1v) is 7.33. The highest BCUT2D eigenvalue weighted by Crippen LogP contribution is 2.15. The highest BCUT2D eigenvalue weighted by molar-refractivity contribution is 6.30. The maximum absolute atomic E-state index is 11.9. The van der Waals surface area contributed by atoms with Gasteiger partial charge in [0.05, 0.1) is 6.42 Å². The Kier molecular flexibility index (Phi) is 5.64. The Labute approximate surface area is 130 Å². The summed E-state index contributed by atoms with van der Waals surface area (Å²) < 4.78 is 0. The third kappa shape index (κ3) is 5.12. The fraction of sp³-hybridized carbons (Fsp3) is 0.235. The van der Waals surface area contributed by atoms with Gasteiger partial charge in [-0.1, -0.05) is 35.9 Å². The van der Waals surface area contributed by atoms with Gasteiger partial charge in [0.15, 0.2) is 0 Å². The van der Waals surface area contributed by atoms with Crippen LogP contribution in [0.4, 0.5) is 5.69 Å². The molecule has 0 unspecified atom stereocenters. The lowest BCUT2D eigenvalue weighted by Gasteiger charge is -2.09. The highest BCUT2D eigenvalue weighted by Gasteiger charge is 2.05. The third-order valence-electron chi connectivity index (χ3n) is 3.21. The first-order chi connectivity index (χ1) is 10.1. The van der Waals surface area contributed by atoms with Gasteiger partial charge in [0, 0.05) is 23.8 Å². The molecule has 0 fully saturated rings. The molecule has 0 bridgehead atoms. The van der Waals surface area contributed by atoms with Crippen LogP contribution < -0.4 is 10.6 Å². The summed E-state index contributed by atoms with van der Waals surface area (Å²) in [5, 5.41) is 6.86. The van der Waals surface area contributed by atoms with Gasteiger partial charge in [0.2, 0.25) is 5.91 Å². The van der Waals surface area contributed by atoms with Gasteiger partial charge in [0.25, 0.3) is 0 Å². The molecule has 0 aliphatic rings. The largest absolute Gasteiger partial charge is 0.383 e. The Hall–Kier alpha value is -2.00. The molecule has 2 N–H and O–H groups in total. The molecule has 0 atom stereocenters. The number of amides is 1. The van der Waals surface area contributed by atoms with Crippen LogP contribution >= 0.6 is 11.6 Å². The standard InChI is InChI=1S/C17H19ClN2O/c1-13-11-15(18)8-7-14(13)12-17(21)20-10-9-19-16-5-3-2-4-6-16/h2-8,11,19H,9-10,12H2,1H3,(H,20,21). The average molecular weight is 303 g/mol. The van der Waals surface area contributed by atoms with E-state index in [1.807, 2.05) is 55.5 Å². The molecular weight excluding hydrogens is 284 g/mol. The lowest BCUT2D eigenvalue weighted by molar-refractivity contribution is -0.120. The van der Waals surface area contributed by atoms with Crippen LogP contribution in [0.25, 0.3) is 0 Å². The summed E-state index contributed by atoms with van der Waals surface area (Å²) in [5.41, 5.74) is 3.10. The molecule has 0 aliphatic heterocycles. The number of nitrogens with one attached hydrogen (secondary N) is 2. The Morgan fingerprint density at radius 3 is 2.57 bits per heavy atom. The number of carbonyl (C=O) groups is 1. The number of halogens is 1. The second-order valence-corrected chi connectivity index (χ2v) is 5.33. The smallest absolute Gasteiger partial charge is 0.224 e. The number of para-hydroxylation sites is 1.